The molecule has 3 heterocycles. The van der Waals surface area contributed by atoms with Crippen LogP contribution in [0.15, 0.2) is 52.4 Å². The van der Waals surface area contributed by atoms with Gasteiger partial charge in [0.2, 0.25) is 0 Å². The van der Waals surface area contributed by atoms with Gasteiger partial charge in [-0.05, 0) is 47.0 Å². The molecule has 2 aliphatic heterocycles. The number of anilines is 1. The quantitative estimate of drug-likeness (QED) is 0.528. The van der Waals surface area contributed by atoms with Crippen molar-refractivity contribution in [1.29, 1.82) is 0 Å². The van der Waals surface area contributed by atoms with Gasteiger partial charge in [-0.15, -0.1) is 0 Å². The molecule has 0 saturated carbocycles. The molecule has 0 atom stereocenters. The van der Waals surface area contributed by atoms with Crippen molar-refractivity contribution in [3.63, 3.8) is 0 Å². The van der Waals surface area contributed by atoms with Crippen molar-refractivity contribution in [2.75, 3.05) is 31.1 Å². The van der Waals surface area contributed by atoms with Gasteiger partial charge in [0.05, 0.1) is 4.91 Å². The number of hydrogen-bond donors (Lipinski definition) is 0. The lowest BCUT2D eigenvalue weighted by molar-refractivity contribution is -0.113. The van der Waals surface area contributed by atoms with Crippen LogP contribution in [-0.4, -0.2) is 47.1 Å². The van der Waals surface area contributed by atoms with Crippen molar-refractivity contribution in [2.24, 2.45) is 4.99 Å². The number of amides is 1. The Kier molecular flexibility index (Phi) is 5.92. The molecule has 1 amide bonds. The molecule has 1 fully saturated rings. The van der Waals surface area contributed by atoms with Gasteiger partial charge in [0, 0.05) is 26.2 Å². The standard InChI is InChI=1S/C22H23ClN4OS/c1-15(2)17-8-6-16(7-9-17)14-18-21(28)25-22(29-18)27-12-10-26(11-13-27)20-5-3-4-19(23)24-20/h3-9,14-15H,10-13H2,1-2H3/b18-14-. The number of rotatable bonds is 3. The average molecular weight is 427 g/mol. The number of pyridine rings is 1. The molecule has 2 aromatic rings. The monoisotopic (exact) mass is 426 g/mol. The van der Waals surface area contributed by atoms with Crippen molar-refractivity contribution in [1.82, 2.24) is 9.88 Å². The molecule has 1 aromatic heterocycles. The topological polar surface area (TPSA) is 48.8 Å². The fourth-order valence-corrected chi connectivity index (χ4v) is 4.49. The lowest BCUT2D eigenvalue weighted by Crippen LogP contribution is -2.48. The highest BCUT2D eigenvalue weighted by atomic mass is 35.5. The second kappa shape index (κ2) is 8.59. The van der Waals surface area contributed by atoms with Crippen molar-refractivity contribution >= 4 is 46.3 Å². The first-order chi connectivity index (χ1) is 14.0. The molecule has 1 aromatic carbocycles. The molecular weight excluding hydrogens is 404 g/mol. The number of aromatic nitrogens is 1. The van der Waals surface area contributed by atoms with E-state index in [0.717, 1.165) is 42.7 Å². The van der Waals surface area contributed by atoms with E-state index in [1.165, 1.54) is 17.3 Å². The zero-order valence-corrected chi connectivity index (χ0v) is 18.1. The first-order valence-electron chi connectivity index (χ1n) is 9.74. The Balaban J connectivity index is 1.39. The average Bonchev–Trinajstić information content (AvgIpc) is 3.09. The molecule has 0 unspecified atom stereocenters. The number of benzene rings is 1. The minimum absolute atomic E-state index is 0.156. The number of amidine groups is 1. The van der Waals surface area contributed by atoms with Gasteiger partial charge in [-0.3, -0.25) is 4.79 Å². The number of aliphatic imine (C=N–C) groups is 1. The van der Waals surface area contributed by atoms with Crippen LogP contribution in [0.1, 0.15) is 30.9 Å². The number of carbonyl (C=O) groups excluding carboxylic acids is 1. The van der Waals surface area contributed by atoms with E-state index < -0.39 is 0 Å². The number of piperazine rings is 1. The SMILES string of the molecule is CC(C)c1ccc(/C=C2\SC(N3CCN(c4cccc(Cl)n4)CC3)=NC2=O)cc1. The van der Waals surface area contributed by atoms with Crippen LogP contribution >= 0.6 is 23.4 Å². The second-order valence-electron chi connectivity index (χ2n) is 7.42. The van der Waals surface area contributed by atoms with E-state index >= 15 is 0 Å². The molecular formula is C22H23ClN4OS. The molecule has 0 bridgehead atoms. The number of carbonyl (C=O) groups is 1. The Morgan fingerprint density at radius 1 is 1.03 bits per heavy atom. The van der Waals surface area contributed by atoms with E-state index in [1.54, 1.807) is 6.07 Å². The molecule has 0 radical (unpaired) electrons. The highest BCUT2D eigenvalue weighted by Gasteiger charge is 2.28. The molecule has 150 valence electrons. The summed E-state index contributed by atoms with van der Waals surface area (Å²) < 4.78 is 0. The summed E-state index contributed by atoms with van der Waals surface area (Å²) in [5.41, 5.74) is 2.32. The summed E-state index contributed by atoms with van der Waals surface area (Å²) >= 11 is 7.47. The minimum atomic E-state index is -0.156. The van der Waals surface area contributed by atoms with Gasteiger partial charge in [-0.1, -0.05) is 55.8 Å². The van der Waals surface area contributed by atoms with Gasteiger partial charge in [-0.25, -0.2) is 4.98 Å². The highest BCUT2D eigenvalue weighted by molar-refractivity contribution is 8.18. The second-order valence-corrected chi connectivity index (χ2v) is 8.82. The third-order valence-corrected chi connectivity index (χ3v) is 6.34. The van der Waals surface area contributed by atoms with Gasteiger partial charge in [0.25, 0.3) is 5.91 Å². The molecule has 7 heteroatoms. The Hall–Kier alpha value is -2.31. The number of hydrogen-bond acceptors (Lipinski definition) is 5. The van der Waals surface area contributed by atoms with Crippen LogP contribution in [0.3, 0.4) is 0 Å². The van der Waals surface area contributed by atoms with Crippen molar-refractivity contribution < 1.29 is 4.79 Å². The number of nitrogens with zero attached hydrogens (tertiary/aromatic N) is 4. The summed E-state index contributed by atoms with van der Waals surface area (Å²) in [6.07, 6.45) is 1.93. The maximum absolute atomic E-state index is 12.4. The van der Waals surface area contributed by atoms with Crippen LogP contribution in [-0.2, 0) is 4.79 Å². The molecule has 4 rings (SSSR count). The van der Waals surface area contributed by atoms with Crippen molar-refractivity contribution in [3.05, 3.63) is 63.6 Å². The van der Waals surface area contributed by atoms with Gasteiger partial charge < -0.3 is 9.80 Å². The van der Waals surface area contributed by atoms with Crippen LogP contribution in [0.25, 0.3) is 6.08 Å². The smallest absolute Gasteiger partial charge is 0.286 e. The molecule has 2 aliphatic rings. The predicted octanol–water partition coefficient (Wildman–Crippen LogP) is 4.65. The molecule has 29 heavy (non-hydrogen) atoms. The van der Waals surface area contributed by atoms with Gasteiger partial charge in [0.15, 0.2) is 5.17 Å². The summed E-state index contributed by atoms with van der Waals surface area (Å²) in [5.74, 6) is 1.23. The van der Waals surface area contributed by atoms with E-state index in [4.69, 9.17) is 11.6 Å². The van der Waals surface area contributed by atoms with E-state index in [9.17, 15) is 4.79 Å². The highest BCUT2D eigenvalue weighted by Crippen LogP contribution is 2.31. The fraction of sp³-hybridized carbons (Fsp3) is 0.318. The Labute approximate surface area is 180 Å². The largest absolute Gasteiger partial charge is 0.353 e. The van der Waals surface area contributed by atoms with Crippen LogP contribution in [0.2, 0.25) is 5.15 Å². The Morgan fingerprint density at radius 2 is 1.72 bits per heavy atom. The van der Waals surface area contributed by atoms with E-state index in [0.29, 0.717) is 16.0 Å². The van der Waals surface area contributed by atoms with E-state index in [-0.39, 0.29) is 5.91 Å². The third kappa shape index (κ3) is 4.65. The molecule has 0 N–H and O–H groups in total. The molecule has 5 nitrogen and oxygen atoms in total. The lowest BCUT2D eigenvalue weighted by atomic mass is 10.0. The fourth-order valence-electron chi connectivity index (χ4n) is 3.36. The molecule has 1 saturated heterocycles. The number of thioether (sulfide) groups is 1. The summed E-state index contributed by atoms with van der Waals surface area (Å²) in [4.78, 5) is 26.1. The summed E-state index contributed by atoms with van der Waals surface area (Å²) in [5, 5.41) is 1.29. The lowest BCUT2D eigenvalue weighted by Gasteiger charge is -2.36. The third-order valence-electron chi connectivity index (χ3n) is 5.08. The summed E-state index contributed by atoms with van der Waals surface area (Å²) in [6.45, 7) is 7.57. The van der Waals surface area contributed by atoms with Crippen molar-refractivity contribution in [3.8, 4) is 0 Å². The molecule has 0 aliphatic carbocycles. The summed E-state index contributed by atoms with van der Waals surface area (Å²) in [7, 11) is 0. The van der Waals surface area contributed by atoms with Crippen LogP contribution in [0.4, 0.5) is 5.82 Å². The maximum atomic E-state index is 12.4. The first-order valence-corrected chi connectivity index (χ1v) is 10.9. The Morgan fingerprint density at radius 3 is 2.38 bits per heavy atom. The summed E-state index contributed by atoms with van der Waals surface area (Å²) in [6, 6.07) is 14.0. The predicted molar refractivity (Wildman–Crippen MR) is 122 cm³/mol. The van der Waals surface area contributed by atoms with Crippen LogP contribution in [0.5, 0.6) is 0 Å². The van der Waals surface area contributed by atoms with Crippen LogP contribution in [0, 0.1) is 0 Å². The minimum Gasteiger partial charge on any atom is -0.353 e. The van der Waals surface area contributed by atoms with E-state index in [1.807, 2.05) is 18.2 Å². The maximum Gasteiger partial charge on any atom is 0.286 e. The first kappa shape index (κ1) is 20.0. The number of halogens is 1. The van der Waals surface area contributed by atoms with Gasteiger partial charge >= 0.3 is 0 Å². The van der Waals surface area contributed by atoms with E-state index in [2.05, 4.69) is 57.9 Å². The zero-order chi connectivity index (χ0) is 20.4. The van der Waals surface area contributed by atoms with Crippen LogP contribution < -0.4 is 4.90 Å². The van der Waals surface area contributed by atoms with Crippen molar-refractivity contribution in [2.45, 2.75) is 19.8 Å². The zero-order valence-electron chi connectivity index (χ0n) is 16.5. The van der Waals surface area contributed by atoms with Gasteiger partial charge in [-0.2, -0.15) is 4.99 Å². The molecule has 0 spiro atoms. The normalized spacial score (nSPS) is 18.7. The van der Waals surface area contributed by atoms with Gasteiger partial charge in [0.1, 0.15) is 11.0 Å². The Bertz CT molecular complexity index is 963.